The summed E-state index contributed by atoms with van der Waals surface area (Å²) in [7, 11) is 0. The molecule has 18 heavy (non-hydrogen) atoms. The van der Waals surface area contributed by atoms with Crippen molar-refractivity contribution >= 4 is 5.78 Å². The lowest BCUT2D eigenvalue weighted by molar-refractivity contribution is -0.351. The van der Waals surface area contributed by atoms with Gasteiger partial charge >= 0.3 is 5.97 Å². The van der Waals surface area contributed by atoms with Crippen LogP contribution in [0.4, 0.5) is 0 Å². The van der Waals surface area contributed by atoms with Gasteiger partial charge in [-0.05, 0) is 33.6 Å². The zero-order chi connectivity index (χ0) is 13.4. The van der Waals surface area contributed by atoms with E-state index < -0.39 is 5.97 Å². The number of ether oxygens (including phenoxy) is 3. The van der Waals surface area contributed by atoms with Crippen LogP contribution in [0.3, 0.4) is 0 Å². The maximum Gasteiger partial charge on any atom is 0.347 e. The van der Waals surface area contributed by atoms with E-state index >= 15 is 0 Å². The number of ketones is 1. The van der Waals surface area contributed by atoms with Gasteiger partial charge in [-0.2, -0.15) is 0 Å². The van der Waals surface area contributed by atoms with Crippen LogP contribution in [0.25, 0.3) is 0 Å². The molecule has 0 saturated heterocycles. The van der Waals surface area contributed by atoms with Crippen molar-refractivity contribution in [3.05, 3.63) is 0 Å². The molecule has 1 saturated carbocycles. The fourth-order valence-electron chi connectivity index (χ4n) is 2.52. The predicted octanol–water partition coefficient (Wildman–Crippen LogP) is 2.90. The van der Waals surface area contributed by atoms with E-state index in [9.17, 15) is 4.79 Å². The average molecular weight is 258 g/mol. The summed E-state index contributed by atoms with van der Waals surface area (Å²) in [5.41, 5.74) is 0. The second-order valence-corrected chi connectivity index (χ2v) is 4.55. The Hall–Kier alpha value is -0.450. The zero-order valence-electron chi connectivity index (χ0n) is 11.9. The normalized spacial score (nSPS) is 17.9. The highest BCUT2D eigenvalue weighted by atomic mass is 16.9. The summed E-state index contributed by atoms with van der Waals surface area (Å²) in [6.07, 6.45) is 5.28. The molecule has 0 spiro atoms. The van der Waals surface area contributed by atoms with E-state index in [2.05, 4.69) is 0 Å². The molecule has 4 heteroatoms. The summed E-state index contributed by atoms with van der Waals surface area (Å²) >= 11 is 0. The predicted molar refractivity (Wildman–Crippen MR) is 69.2 cm³/mol. The van der Waals surface area contributed by atoms with Crippen molar-refractivity contribution in [2.75, 3.05) is 19.8 Å². The van der Waals surface area contributed by atoms with Crippen LogP contribution in [0.15, 0.2) is 0 Å². The Balaban J connectivity index is 2.80. The minimum atomic E-state index is -1.47. The largest absolute Gasteiger partial charge is 0.347 e. The maximum atomic E-state index is 12.6. The number of carbonyl (C=O) groups excluding carboxylic acids is 1. The summed E-state index contributed by atoms with van der Waals surface area (Å²) in [4.78, 5) is 12.6. The van der Waals surface area contributed by atoms with Crippen LogP contribution in [-0.2, 0) is 19.0 Å². The molecule has 0 aromatic carbocycles. The van der Waals surface area contributed by atoms with Gasteiger partial charge in [0, 0.05) is 5.92 Å². The molecule has 0 radical (unpaired) electrons. The smallest absolute Gasteiger partial charge is 0.322 e. The molecule has 0 aromatic heterocycles. The first-order valence-electron chi connectivity index (χ1n) is 7.16. The van der Waals surface area contributed by atoms with E-state index in [1.54, 1.807) is 0 Å². The van der Waals surface area contributed by atoms with Crippen molar-refractivity contribution in [3.63, 3.8) is 0 Å². The monoisotopic (exact) mass is 258 g/mol. The number of hydrogen-bond acceptors (Lipinski definition) is 4. The van der Waals surface area contributed by atoms with E-state index in [4.69, 9.17) is 14.2 Å². The average Bonchev–Trinajstić information content (AvgIpc) is 2.39. The van der Waals surface area contributed by atoms with Gasteiger partial charge in [0.05, 0.1) is 19.8 Å². The Morgan fingerprint density at radius 2 is 1.39 bits per heavy atom. The minimum absolute atomic E-state index is 0.0170. The number of Topliss-reactive ketones (excluding diaryl/α,β-unsaturated/α-hetero) is 1. The first kappa shape index (κ1) is 15.6. The van der Waals surface area contributed by atoms with E-state index in [1.807, 2.05) is 20.8 Å². The molecule has 4 nitrogen and oxygen atoms in total. The van der Waals surface area contributed by atoms with E-state index in [0.29, 0.717) is 19.8 Å². The summed E-state index contributed by atoms with van der Waals surface area (Å²) < 4.78 is 16.6. The second kappa shape index (κ2) is 7.87. The summed E-state index contributed by atoms with van der Waals surface area (Å²) in [5, 5.41) is 0. The van der Waals surface area contributed by atoms with Gasteiger partial charge in [0.1, 0.15) is 0 Å². The highest BCUT2D eigenvalue weighted by Gasteiger charge is 2.45. The topological polar surface area (TPSA) is 44.8 Å². The first-order valence-corrected chi connectivity index (χ1v) is 7.16. The number of hydrogen-bond donors (Lipinski definition) is 0. The molecule has 1 aliphatic rings. The highest BCUT2D eigenvalue weighted by molar-refractivity contribution is 5.86. The van der Waals surface area contributed by atoms with Crippen molar-refractivity contribution in [2.45, 2.75) is 58.8 Å². The Kier molecular flexibility index (Phi) is 6.82. The third-order valence-corrected chi connectivity index (χ3v) is 3.28. The molecule has 0 atom stereocenters. The molecule has 0 amide bonds. The Labute approximate surface area is 110 Å². The maximum absolute atomic E-state index is 12.6. The number of rotatable bonds is 8. The fraction of sp³-hybridized carbons (Fsp3) is 0.929. The molecule has 0 N–H and O–H groups in total. The lowest BCUT2D eigenvalue weighted by atomic mass is 9.85. The van der Waals surface area contributed by atoms with Crippen LogP contribution < -0.4 is 0 Å². The molecule has 1 fully saturated rings. The molecule has 0 heterocycles. The van der Waals surface area contributed by atoms with Gasteiger partial charge < -0.3 is 14.2 Å². The Morgan fingerprint density at radius 3 is 1.78 bits per heavy atom. The highest BCUT2D eigenvalue weighted by Crippen LogP contribution is 2.31. The van der Waals surface area contributed by atoms with E-state index in [-0.39, 0.29) is 11.7 Å². The second-order valence-electron chi connectivity index (χ2n) is 4.55. The molecule has 0 aliphatic heterocycles. The Morgan fingerprint density at radius 1 is 0.944 bits per heavy atom. The van der Waals surface area contributed by atoms with Crippen LogP contribution in [0.1, 0.15) is 52.9 Å². The lowest BCUT2D eigenvalue weighted by Crippen LogP contribution is -2.50. The molecular formula is C14H26O4. The number of carbonyl (C=O) groups is 1. The zero-order valence-corrected chi connectivity index (χ0v) is 11.9. The third kappa shape index (κ3) is 3.77. The van der Waals surface area contributed by atoms with Crippen molar-refractivity contribution in [2.24, 2.45) is 5.92 Å². The van der Waals surface area contributed by atoms with Gasteiger partial charge in [-0.15, -0.1) is 0 Å². The third-order valence-electron chi connectivity index (χ3n) is 3.28. The first-order chi connectivity index (χ1) is 8.70. The molecule has 106 valence electrons. The van der Waals surface area contributed by atoms with Crippen molar-refractivity contribution in [1.82, 2.24) is 0 Å². The molecule has 1 aliphatic carbocycles. The van der Waals surface area contributed by atoms with Crippen molar-refractivity contribution in [3.8, 4) is 0 Å². The molecule has 0 aromatic rings. The van der Waals surface area contributed by atoms with Gasteiger partial charge in [0.25, 0.3) is 0 Å². The summed E-state index contributed by atoms with van der Waals surface area (Å²) in [5.74, 6) is -1.49. The van der Waals surface area contributed by atoms with Gasteiger partial charge in [-0.1, -0.05) is 19.3 Å². The lowest BCUT2D eigenvalue weighted by Gasteiger charge is -2.34. The van der Waals surface area contributed by atoms with Gasteiger partial charge in [0.15, 0.2) is 0 Å². The van der Waals surface area contributed by atoms with Crippen LogP contribution in [0.2, 0.25) is 0 Å². The van der Waals surface area contributed by atoms with E-state index in [1.165, 1.54) is 6.42 Å². The fourth-order valence-corrected chi connectivity index (χ4v) is 2.52. The quantitative estimate of drug-likeness (QED) is 0.628. The van der Waals surface area contributed by atoms with Crippen LogP contribution in [0, 0.1) is 5.92 Å². The van der Waals surface area contributed by atoms with Crippen molar-refractivity contribution in [1.29, 1.82) is 0 Å². The Bertz CT molecular complexity index is 229. The van der Waals surface area contributed by atoms with E-state index in [0.717, 1.165) is 25.7 Å². The molecule has 0 unspecified atom stereocenters. The summed E-state index contributed by atoms with van der Waals surface area (Å²) in [6.45, 7) is 6.75. The SMILES string of the molecule is CCOC(OCC)(OCC)C(=O)C1CCCCC1. The molecular weight excluding hydrogens is 232 g/mol. The van der Waals surface area contributed by atoms with Gasteiger partial charge in [-0.25, -0.2) is 0 Å². The standard InChI is InChI=1S/C14H26O4/c1-4-16-14(17-5-2,18-6-3)13(15)12-10-8-7-9-11-12/h12H,4-11H2,1-3H3. The van der Waals surface area contributed by atoms with Crippen molar-refractivity contribution < 1.29 is 19.0 Å². The molecule has 1 rings (SSSR count). The minimum Gasteiger partial charge on any atom is -0.322 e. The summed E-state index contributed by atoms with van der Waals surface area (Å²) in [6, 6.07) is 0. The van der Waals surface area contributed by atoms with Crippen LogP contribution in [0.5, 0.6) is 0 Å². The van der Waals surface area contributed by atoms with Crippen LogP contribution in [-0.4, -0.2) is 31.6 Å². The van der Waals surface area contributed by atoms with Gasteiger partial charge in [0.2, 0.25) is 5.78 Å². The van der Waals surface area contributed by atoms with Gasteiger partial charge in [-0.3, -0.25) is 4.79 Å². The van der Waals surface area contributed by atoms with Crippen LogP contribution >= 0.6 is 0 Å². The molecule has 0 bridgehead atoms.